The van der Waals surface area contributed by atoms with Crippen LogP contribution >= 0.6 is 0 Å². The minimum atomic E-state index is -0.0250. The number of para-hydroxylation sites is 1. The standard InChI is InChI=1S/C15H24N2O/c1-4-8-14(5-2)16-11-13-9-6-7-10-15(13)17-12(3)18/h6-7,9-10,14,16H,4-5,8,11H2,1-3H3,(H,17,18). The average molecular weight is 248 g/mol. The lowest BCUT2D eigenvalue weighted by atomic mass is 10.1. The Morgan fingerprint density at radius 3 is 2.61 bits per heavy atom. The Bertz CT molecular complexity index is 377. The molecule has 1 rings (SSSR count). The molecule has 18 heavy (non-hydrogen) atoms. The van der Waals surface area contributed by atoms with E-state index in [1.165, 1.54) is 19.8 Å². The third kappa shape index (κ3) is 4.88. The molecule has 0 radical (unpaired) electrons. The fourth-order valence-electron chi connectivity index (χ4n) is 2.04. The van der Waals surface area contributed by atoms with Crippen LogP contribution in [0, 0.1) is 0 Å². The highest BCUT2D eigenvalue weighted by molar-refractivity contribution is 5.89. The molecule has 0 aliphatic heterocycles. The number of carbonyl (C=O) groups is 1. The summed E-state index contributed by atoms with van der Waals surface area (Å²) in [5, 5.41) is 6.42. The van der Waals surface area contributed by atoms with Crippen LogP contribution in [0.2, 0.25) is 0 Å². The lowest BCUT2D eigenvalue weighted by Crippen LogP contribution is -2.28. The summed E-state index contributed by atoms with van der Waals surface area (Å²) >= 11 is 0. The number of hydrogen-bond donors (Lipinski definition) is 2. The molecule has 0 fully saturated rings. The van der Waals surface area contributed by atoms with Gasteiger partial charge in [0.1, 0.15) is 0 Å². The molecule has 2 N–H and O–H groups in total. The third-order valence-electron chi connectivity index (χ3n) is 3.04. The summed E-state index contributed by atoms with van der Waals surface area (Å²) in [6.45, 7) is 6.74. The van der Waals surface area contributed by atoms with Gasteiger partial charge in [-0.1, -0.05) is 38.5 Å². The summed E-state index contributed by atoms with van der Waals surface area (Å²) in [5.41, 5.74) is 2.05. The van der Waals surface area contributed by atoms with Gasteiger partial charge in [0.15, 0.2) is 0 Å². The lowest BCUT2D eigenvalue weighted by Gasteiger charge is -2.17. The molecule has 1 atom stereocenters. The number of amides is 1. The van der Waals surface area contributed by atoms with E-state index in [-0.39, 0.29) is 5.91 Å². The Morgan fingerprint density at radius 2 is 2.00 bits per heavy atom. The summed E-state index contributed by atoms with van der Waals surface area (Å²) in [6.07, 6.45) is 3.52. The molecule has 0 saturated heterocycles. The van der Waals surface area contributed by atoms with Crippen molar-refractivity contribution in [1.29, 1.82) is 0 Å². The summed E-state index contributed by atoms with van der Waals surface area (Å²) in [5.74, 6) is -0.0250. The van der Waals surface area contributed by atoms with E-state index in [2.05, 4.69) is 30.5 Å². The van der Waals surface area contributed by atoms with E-state index in [4.69, 9.17) is 0 Å². The van der Waals surface area contributed by atoms with Gasteiger partial charge in [-0.15, -0.1) is 0 Å². The van der Waals surface area contributed by atoms with Gasteiger partial charge in [-0.05, 0) is 24.5 Å². The second-order valence-corrected chi connectivity index (χ2v) is 4.61. The van der Waals surface area contributed by atoms with Crippen molar-refractivity contribution in [3.63, 3.8) is 0 Å². The molecule has 0 aromatic heterocycles. The number of carbonyl (C=O) groups excluding carboxylic acids is 1. The minimum absolute atomic E-state index is 0.0250. The molecule has 1 unspecified atom stereocenters. The first-order valence-corrected chi connectivity index (χ1v) is 6.76. The summed E-state index contributed by atoms with van der Waals surface area (Å²) in [6, 6.07) is 8.50. The van der Waals surface area contributed by atoms with Gasteiger partial charge in [-0.3, -0.25) is 4.79 Å². The first-order valence-electron chi connectivity index (χ1n) is 6.76. The monoisotopic (exact) mass is 248 g/mol. The molecule has 0 aliphatic rings. The number of nitrogens with one attached hydrogen (secondary N) is 2. The third-order valence-corrected chi connectivity index (χ3v) is 3.04. The van der Waals surface area contributed by atoms with Crippen LogP contribution in [0.25, 0.3) is 0 Å². The molecular weight excluding hydrogens is 224 g/mol. The van der Waals surface area contributed by atoms with E-state index < -0.39 is 0 Å². The molecule has 3 nitrogen and oxygen atoms in total. The molecule has 1 amide bonds. The van der Waals surface area contributed by atoms with Gasteiger partial charge in [0.25, 0.3) is 0 Å². The molecule has 0 bridgehead atoms. The van der Waals surface area contributed by atoms with E-state index in [0.29, 0.717) is 6.04 Å². The lowest BCUT2D eigenvalue weighted by molar-refractivity contribution is -0.114. The van der Waals surface area contributed by atoms with Gasteiger partial charge in [0, 0.05) is 25.2 Å². The van der Waals surface area contributed by atoms with Gasteiger partial charge in [0.2, 0.25) is 5.91 Å². The Hall–Kier alpha value is -1.35. The molecule has 0 spiro atoms. The minimum Gasteiger partial charge on any atom is -0.326 e. The van der Waals surface area contributed by atoms with Gasteiger partial charge < -0.3 is 10.6 Å². The average Bonchev–Trinajstić information content (AvgIpc) is 2.35. The van der Waals surface area contributed by atoms with Crippen LogP contribution in [0.3, 0.4) is 0 Å². The normalized spacial score (nSPS) is 12.2. The summed E-state index contributed by atoms with van der Waals surface area (Å²) in [4.78, 5) is 11.1. The van der Waals surface area contributed by atoms with Crippen molar-refractivity contribution in [2.24, 2.45) is 0 Å². The predicted octanol–water partition coefficient (Wildman–Crippen LogP) is 3.31. The maximum absolute atomic E-state index is 11.1. The van der Waals surface area contributed by atoms with Crippen LogP contribution in [0.1, 0.15) is 45.6 Å². The zero-order valence-corrected chi connectivity index (χ0v) is 11.6. The second kappa shape index (κ2) is 7.88. The number of hydrogen-bond acceptors (Lipinski definition) is 2. The molecule has 0 saturated carbocycles. The highest BCUT2D eigenvalue weighted by atomic mass is 16.1. The first kappa shape index (κ1) is 14.7. The Morgan fingerprint density at radius 1 is 1.28 bits per heavy atom. The second-order valence-electron chi connectivity index (χ2n) is 4.61. The molecular formula is C15H24N2O. The number of anilines is 1. The Labute approximate surface area is 110 Å². The summed E-state index contributed by atoms with van der Waals surface area (Å²) in [7, 11) is 0. The number of benzene rings is 1. The first-order chi connectivity index (χ1) is 8.67. The predicted molar refractivity (Wildman–Crippen MR) is 76.6 cm³/mol. The highest BCUT2D eigenvalue weighted by Gasteiger charge is 2.07. The largest absolute Gasteiger partial charge is 0.326 e. The molecule has 1 aromatic carbocycles. The zero-order valence-electron chi connectivity index (χ0n) is 11.6. The highest BCUT2D eigenvalue weighted by Crippen LogP contribution is 2.15. The zero-order chi connectivity index (χ0) is 13.4. The van der Waals surface area contributed by atoms with E-state index in [0.717, 1.165) is 24.2 Å². The van der Waals surface area contributed by atoms with Gasteiger partial charge in [-0.25, -0.2) is 0 Å². The van der Waals surface area contributed by atoms with Crippen LogP contribution in [-0.4, -0.2) is 11.9 Å². The van der Waals surface area contributed by atoms with Crippen LogP contribution in [0.15, 0.2) is 24.3 Å². The van der Waals surface area contributed by atoms with Crippen molar-refractivity contribution in [1.82, 2.24) is 5.32 Å². The molecule has 0 heterocycles. The van der Waals surface area contributed by atoms with Crippen LogP contribution in [0.4, 0.5) is 5.69 Å². The van der Waals surface area contributed by atoms with Gasteiger partial charge >= 0.3 is 0 Å². The van der Waals surface area contributed by atoms with E-state index in [1.54, 1.807) is 0 Å². The van der Waals surface area contributed by atoms with Crippen LogP contribution in [0.5, 0.6) is 0 Å². The van der Waals surface area contributed by atoms with Gasteiger partial charge in [-0.2, -0.15) is 0 Å². The van der Waals surface area contributed by atoms with Crippen molar-refractivity contribution in [2.45, 2.75) is 52.6 Å². The van der Waals surface area contributed by atoms with E-state index >= 15 is 0 Å². The van der Waals surface area contributed by atoms with Crippen LogP contribution in [-0.2, 0) is 11.3 Å². The van der Waals surface area contributed by atoms with Crippen molar-refractivity contribution < 1.29 is 4.79 Å². The van der Waals surface area contributed by atoms with Gasteiger partial charge in [0.05, 0.1) is 0 Å². The number of rotatable bonds is 7. The van der Waals surface area contributed by atoms with Crippen molar-refractivity contribution >= 4 is 11.6 Å². The van der Waals surface area contributed by atoms with Crippen molar-refractivity contribution in [3.8, 4) is 0 Å². The molecule has 3 heteroatoms. The Kier molecular flexibility index (Phi) is 6.44. The van der Waals surface area contributed by atoms with Crippen molar-refractivity contribution in [2.75, 3.05) is 5.32 Å². The SMILES string of the molecule is CCCC(CC)NCc1ccccc1NC(C)=O. The molecule has 100 valence electrons. The topological polar surface area (TPSA) is 41.1 Å². The quantitative estimate of drug-likeness (QED) is 0.777. The molecule has 0 aliphatic carbocycles. The smallest absolute Gasteiger partial charge is 0.221 e. The summed E-state index contributed by atoms with van der Waals surface area (Å²) < 4.78 is 0. The maximum atomic E-state index is 11.1. The van der Waals surface area contributed by atoms with Crippen molar-refractivity contribution in [3.05, 3.63) is 29.8 Å². The Balaban J connectivity index is 2.62. The van der Waals surface area contributed by atoms with E-state index in [9.17, 15) is 4.79 Å². The van der Waals surface area contributed by atoms with E-state index in [1.807, 2.05) is 18.2 Å². The maximum Gasteiger partial charge on any atom is 0.221 e. The fraction of sp³-hybridized carbons (Fsp3) is 0.533. The molecule has 1 aromatic rings. The fourth-order valence-corrected chi connectivity index (χ4v) is 2.04. The van der Waals surface area contributed by atoms with Crippen LogP contribution < -0.4 is 10.6 Å².